The Morgan fingerprint density at radius 2 is 1.76 bits per heavy atom. The summed E-state index contributed by atoms with van der Waals surface area (Å²) in [5, 5.41) is 3.02. The summed E-state index contributed by atoms with van der Waals surface area (Å²) in [6, 6.07) is 10.2. The Morgan fingerprint density at radius 3 is 2.45 bits per heavy atom. The van der Waals surface area contributed by atoms with Crippen molar-refractivity contribution in [3.63, 3.8) is 0 Å². The van der Waals surface area contributed by atoms with Crippen molar-refractivity contribution in [2.24, 2.45) is 5.92 Å². The van der Waals surface area contributed by atoms with Crippen LogP contribution in [0.25, 0.3) is 0 Å². The highest BCUT2D eigenvalue weighted by Crippen LogP contribution is 2.28. The molecule has 0 bridgehead atoms. The fourth-order valence-corrected chi connectivity index (χ4v) is 4.24. The number of nitrogens with zero attached hydrogens (tertiary/aromatic N) is 4. The highest BCUT2D eigenvalue weighted by Gasteiger charge is 2.37. The Morgan fingerprint density at radius 1 is 1.00 bits per heavy atom. The fraction of sp³-hybridized carbons (Fsp3) is 0.455. The zero-order valence-corrected chi connectivity index (χ0v) is 16.8. The number of nitrogens with one attached hydrogen (secondary N) is 1. The maximum Gasteiger partial charge on any atom is 0.271 e. The van der Waals surface area contributed by atoms with Crippen molar-refractivity contribution in [3.05, 3.63) is 54.1 Å². The van der Waals surface area contributed by atoms with Crippen molar-refractivity contribution in [1.82, 2.24) is 20.2 Å². The summed E-state index contributed by atoms with van der Waals surface area (Å²) in [4.78, 5) is 38.2. The van der Waals surface area contributed by atoms with Crippen LogP contribution in [0, 0.1) is 12.8 Å². The number of carbonyl (C=O) groups excluding carboxylic acids is 2. The predicted octanol–water partition coefficient (Wildman–Crippen LogP) is 2.03. The van der Waals surface area contributed by atoms with E-state index in [2.05, 4.69) is 32.3 Å². The Hall–Kier alpha value is -2.96. The fourth-order valence-electron chi connectivity index (χ4n) is 4.24. The largest absolute Gasteiger partial charge is 0.368 e. The van der Waals surface area contributed by atoms with Gasteiger partial charge in [-0.15, -0.1) is 0 Å². The average Bonchev–Trinajstić information content (AvgIpc) is 3.22. The summed E-state index contributed by atoms with van der Waals surface area (Å²) in [6.45, 7) is 4.93. The van der Waals surface area contributed by atoms with Crippen molar-refractivity contribution < 1.29 is 9.59 Å². The zero-order valence-electron chi connectivity index (χ0n) is 16.8. The molecule has 2 aliphatic rings. The number of anilines is 1. The van der Waals surface area contributed by atoms with Crippen LogP contribution in [-0.2, 0) is 4.79 Å². The Labute approximate surface area is 171 Å². The summed E-state index contributed by atoms with van der Waals surface area (Å²) in [6.07, 6.45) is 5.66. The number of hydrogen-bond donors (Lipinski definition) is 1. The van der Waals surface area contributed by atoms with E-state index in [9.17, 15) is 9.59 Å². The molecule has 0 radical (unpaired) electrons. The number of piperazine rings is 1. The van der Waals surface area contributed by atoms with Crippen molar-refractivity contribution in [2.75, 3.05) is 31.1 Å². The molecule has 1 saturated heterocycles. The van der Waals surface area contributed by atoms with E-state index in [0.717, 1.165) is 38.0 Å². The number of aromatic nitrogens is 2. The van der Waals surface area contributed by atoms with Gasteiger partial charge in [-0.2, -0.15) is 0 Å². The lowest BCUT2D eigenvalue weighted by Crippen LogP contribution is -2.53. The molecule has 1 aromatic heterocycles. The molecule has 0 spiro atoms. The molecule has 7 heteroatoms. The molecule has 152 valence electrons. The minimum Gasteiger partial charge on any atom is -0.368 e. The summed E-state index contributed by atoms with van der Waals surface area (Å²) >= 11 is 0. The molecule has 2 fully saturated rings. The lowest BCUT2D eigenvalue weighted by molar-refractivity contribution is -0.136. The van der Waals surface area contributed by atoms with Crippen LogP contribution in [0.4, 0.5) is 5.69 Å². The van der Waals surface area contributed by atoms with Gasteiger partial charge in [-0.05, 0) is 31.9 Å². The maximum absolute atomic E-state index is 13.1. The van der Waals surface area contributed by atoms with Crippen LogP contribution in [0.1, 0.15) is 35.4 Å². The second-order valence-electron chi connectivity index (χ2n) is 7.81. The lowest BCUT2D eigenvalue weighted by atomic mass is 10.0. The van der Waals surface area contributed by atoms with Crippen LogP contribution in [0.15, 0.2) is 42.7 Å². The van der Waals surface area contributed by atoms with Crippen molar-refractivity contribution in [3.8, 4) is 0 Å². The first-order valence-electron chi connectivity index (χ1n) is 10.3. The quantitative estimate of drug-likeness (QED) is 0.860. The van der Waals surface area contributed by atoms with E-state index in [1.807, 2.05) is 30.0 Å². The Balaban J connectivity index is 1.34. The van der Waals surface area contributed by atoms with Crippen LogP contribution in [-0.4, -0.2) is 58.9 Å². The topological polar surface area (TPSA) is 78.4 Å². The third-order valence-electron chi connectivity index (χ3n) is 5.88. The molecule has 2 aromatic rings. The van der Waals surface area contributed by atoms with E-state index in [-0.39, 0.29) is 23.8 Å². The normalized spacial score (nSPS) is 21.8. The standard InChI is InChI=1S/C22H27N5O2/c1-16-14-24-20(15-23-16)21(28)25-19-9-5-8-18(19)22(29)27-12-10-26(11-13-27)17-6-3-2-4-7-17/h2-4,6-7,14-15,18-19H,5,8-13H2,1H3,(H,25,28)/t18-,19+/m0/s1. The first-order valence-corrected chi connectivity index (χ1v) is 10.3. The second-order valence-corrected chi connectivity index (χ2v) is 7.81. The minimum atomic E-state index is -0.254. The number of amides is 2. The SMILES string of the molecule is Cc1cnc(C(=O)N[C@@H]2CCC[C@@H]2C(=O)N2CCN(c3ccccc3)CC2)cn1. The van der Waals surface area contributed by atoms with Crippen molar-refractivity contribution in [2.45, 2.75) is 32.2 Å². The molecule has 1 saturated carbocycles. The third kappa shape index (κ3) is 4.39. The predicted molar refractivity (Wildman–Crippen MR) is 111 cm³/mol. The third-order valence-corrected chi connectivity index (χ3v) is 5.88. The van der Waals surface area contributed by atoms with Crippen LogP contribution in [0.2, 0.25) is 0 Å². The van der Waals surface area contributed by atoms with Gasteiger partial charge in [-0.3, -0.25) is 14.6 Å². The maximum atomic E-state index is 13.1. The molecule has 29 heavy (non-hydrogen) atoms. The molecule has 1 aliphatic carbocycles. The zero-order chi connectivity index (χ0) is 20.2. The average molecular weight is 393 g/mol. The van der Waals surface area contributed by atoms with Gasteiger partial charge >= 0.3 is 0 Å². The van der Waals surface area contributed by atoms with Gasteiger partial charge < -0.3 is 15.1 Å². The van der Waals surface area contributed by atoms with Crippen molar-refractivity contribution >= 4 is 17.5 Å². The van der Waals surface area contributed by atoms with Gasteiger partial charge in [-0.25, -0.2) is 4.98 Å². The molecular formula is C22H27N5O2. The number of aryl methyl sites for hydroxylation is 1. The second kappa shape index (κ2) is 8.59. The molecule has 4 rings (SSSR count). The van der Waals surface area contributed by atoms with Gasteiger partial charge in [-0.1, -0.05) is 24.6 Å². The first kappa shape index (κ1) is 19.4. The van der Waals surface area contributed by atoms with Gasteiger partial charge in [0.1, 0.15) is 5.69 Å². The van der Waals surface area contributed by atoms with Crippen LogP contribution >= 0.6 is 0 Å². The molecule has 2 atom stereocenters. The molecule has 0 unspecified atom stereocenters. The number of para-hydroxylation sites is 1. The summed E-state index contributed by atoms with van der Waals surface area (Å²) in [5.74, 6) is -0.243. The van der Waals surface area contributed by atoms with E-state index in [1.165, 1.54) is 11.9 Å². The molecule has 2 heterocycles. The monoisotopic (exact) mass is 393 g/mol. The smallest absolute Gasteiger partial charge is 0.271 e. The molecule has 1 aliphatic heterocycles. The van der Waals surface area contributed by atoms with E-state index in [4.69, 9.17) is 0 Å². The molecule has 2 amide bonds. The Bertz CT molecular complexity index is 847. The van der Waals surface area contributed by atoms with E-state index < -0.39 is 0 Å². The minimum absolute atomic E-state index is 0.134. The highest BCUT2D eigenvalue weighted by molar-refractivity contribution is 5.92. The van der Waals surface area contributed by atoms with Gasteiger partial charge in [0.25, 0.3) is 5.91 Å². The number of rotatable bonds is 4. The van der Waals surface area contributed by atoms with Gasteiger partial charge in [0, 0.05) is 44.1 Å². The van der Waals surface area contributed by atoms with Gasteiger partial charge in [0.05, 0.1) is 17.8 Å². The highest BCUT2D eigenvalue weighted by atomic mass is 16.2. The molecule has 1 aromatic carbocycles. The van der Waals surface area contributed by atoms with Crippen LogP contribution in [0.3, 0.4) is 0 Å². The summed E-state index contributed by atoms with van der Waals surface area (Å²) in [7, 11) is 0. The first-order chi connectivity index (χ1) is 14.1. The van der Waals surface area contributed by atoms with Crippen LogP contribution in [0.5, 0.6) is 0 Å². The van der Waals surface area contributed by atoms with Gasteiger partial charge in [0.15, 0.2) is 0 Å². The number of benzene rings is 1. The van der Waals surface area contributed by atoms with E-state index >= 15 is 0 Å². The Kier molecular flexibility index (Phi) is 5.74. The molecule has 1 N–H and O–H groups in total. The van der Waals surface area contributed by atoms with E-state index in [1.54, 1.807) is 6.20 Å². The van der Waals surface area contributed by atoms with E-state index in [0.29, 0.717) is 18.8 Å². The lowest BCUT2D eigenvalue weighted by Gasteiger charge is -2.38. The number of hydrogen-bond acceptors (Lipinski definition) is 5. The molecular weight excluding hydrogens is 366 g/mol. The summed E-state index contributed by atoms with van der Waals surface area (Å²) in [5.41, 5.74) is 2.26. The van der Waals surface area contributed by atoms with Crippen molar-refractivity contribution in [1.29, 1.82) is 0 Å². The van der Waals surface area contributed by atoms with Crippen LogP contribution < -0.4 is 10.2 Å². The summed E-state index contributed by atoms with van der Waals surface area (Å²) < 4.78 is 0. The van der Waals surface area contributed by atoms with Gasteiger partial charge in [0.2, 0.25) is 5.91 Å². The molecule has 7 nitrogen and oxygen atoms in total. The number of carbonyl (C=O) groups is 2.